The number of H-pyrrole nitrogens is 1. The van der Waals surface area contributed by atoms with Gasteiger partial charge in [-0.25, -0.2) is 9.59 Å². The molecule has 2 N–H and O–H groups in total. The van der Waals surface area contributed by atoms with Gasteiger partial charge in [0.05, 0.1) is 0 Å². The standard InChI is InChI=1S/C21H26N4O4/c26-20(28-14-15-6-2-1-3-7-15)22-19-13-18(23-24-19)16-8-9-17(12-16)29-21(27)25-10-4-5-11-25/h1-3,6-7,13,16-17H,4-5,8-12,14H2,(H2,22,23,24,26)/t16-,17+/m0/s1. The molecule has 4 rings (SSSR count). The number of hydrogen-bond donors (Lipinski definition) is 2. The maximum Gasteiger partial charge on any atom is 0.413 e. The van der Waals surface area contributed by atoms with E-state index in [9.17, 15) is 9.59 Å². The first-order valence-corrected chi connectivity index (χ1v) is 10.2. The van der Waals surface area contributed by atoms with Gasteiger partial charge in [0.25, 0.3) is 0 Å². The van der Waals surface area contributed by atoms with Gasteiger partial charge >= 0.3 is 12.2 Å². The predicted molar refractivity (Wildman–Crippen MR) is 107 cm³/mol. The van der Waals surface area contributed by atoms with Gasteiger partial charge in [-0.1, -0.05) is 30.3 Å². The first-order chi connectivity index (χ1) is 14.2. The highest BCUT2D eigenvalue weighted by molar-refractivity contribution is 5.83. The van der Waals surface area contributed by atoms with Gasteiger partial charge in [-0.05, 0) is 37.7 Å². The quantitative estimate of drug-likeness (QED) is 0.793. The third-order valence-corrected chi connectivity index (χ3v) is 5.50. The van der Waals surface area contributed by atoms with Crippen molar-refractivity contribution in [1.29, 1.82) is 0 Å². The van der Waals surface area contributed by atoms with Crippen molar-refractivity contribution in [3.05, 3.63) is 47.7 Å². The molecule has 2 fully saturated rings. The minimum atomic E-state index is -0.546. The summed E-state index contributed by atoms with van der Waals surface area (Å²) < 4.78 is 10.9. The van der Waals surface area contributed by atoms with Crippen molar-refractivity contribution in [2.45, 2.75) is 50.7 Å². The largest absolute Gasteiger partial charge is 0.446 e. The molecule has 0 bridgehead atoms. The summed E-state index contributed by atoms with van der Waals surface area (Å²) in [6.45, 7) is 1.80. The summed E-state index contributed by atoms with van der Waals surface area (Å²) in [7, 11) is 0. The normalized spacial score (nSPS) is 21.2. The molecule has 1 saturated heterocycles. The van der Waals surface area contributed by atoms with E-state index in [0.717, 1.165) is 56.5 Å². The molecular formula is C21H26N4O4. The SMILES string of the molecule is O=C(Nc1cc([C@H]2CC[C@@H](OC(=O)N3CCCC3)C2)[nH]n1)OCc1ccccc1. The van der Waals surface area contributed by atoms with E-state index >= 15 is 0 Å². The highest BCUT2D eigenvalue weighted by atomic mass is 16.6. The van der Waals surface area contributed by atoms with E-state index in [4.69, 9.17) is 9.47 Å². The van der Waals surface area contributed by atoms with Crippen LogP contribution in [0.1, 0.15) is 49.3 Å². The van der Waals surface area contributed by atoms with Crippen LogP contribution in [0.4, 0.5) is 15.4 Å². The second-order valence-corrected chi connectivity index (χ2v) is 7.61. The predicted octanol–water partition coefficient (Wildman–Crippen LogP) is 4.03. The average molecular weight is 398 g/mol. The molecule has 29 heavy (non-hydrogen) atoms. The Morgan fingerprint density at radius 2 is 1.97 bits per heavy atom. The maximum absolute atomic E-state index is 12.2. The Labute approximate surface area is 169 Å². The number of carbonyl (C=O) groups excluding carboxylic acids is 2. The lowest BCUT2D eigenvalue weighted by Gasteiger charge is -2.19. The van der Waals surface area contributed by atoms with Gasteiger partial charge in [0, 0.05) is 30.8 Å². The summed E-state index contributed by atoms with van der Waals surface area (Å²) in [6, 6.07) is 11.3. The zero-order valence-corrected chi connectivity index (χ0v) is 16.3. The van der Waals surface area contributed by atoms with Crippen molar-refractivity contribution in [2.75, 3.05) is 18.4 Å². The third kappa shape index (κ3) is 5.07. The number of anilines is 1. The first kappa shape index (κ1) is 19.3. The van der Waals surface area contributed by atoms with Crippen LogP contribution >= 0.6 is 0 Å². The molecule has 2 amide bonds. The zero-order valence-electron chi connectivity index (χ0n) is 16.3. The molecule has 2 heterocycles. The van der Waals surface area contributed by atoms with E-state index in [2.05, 4.69) is 15.5 Å². The van der Waals surface area contributed by atoms with Crippen molar-refractivity contribution in [2.24, 2.45) is 0 Å². The van der Waals surface area contributed by atoms with E-state index in [0.29, 0.717) is 5.82 Å². The summed E-state index contributed by atoms with van der Waals surface area (Å²) in [4.78, 5) is 25.9. The number of amides is 2. The molecule has 8 nitrogen and oxygen atoms in total. The number of likely N-dealkylation sites (tertiary alicyclic amines) is 1. The Morgan fingerprint density at radius 3 is 2.76 bits per heavy atom. The van der Waals surface area contributed by atoms with Gasteiger partial charge < -0.3 is 14.4 Å². The lowest BCUT2D eigenvalue weighted by atomic mass is 10.0. The molecular weight excluding hydrogens is 372 g/mol. The van der Waals surface area contributed by atoms with Crippen LogP contribution in [0.3, 0.4) is 0 Å². The minimum absolute atomic E-state index is 0.0661. The molecule has 1 aliphatic carbocycles. The number of nitrogens with zero attached hydrogens (tertiary/aromatic N) is 2. The number of nitrogens with one attached hydrogen (secondary N) is 2. The van der Waals surface area contributed by atoms with Gasteiger partial charge in [-0.15, -0.1) is 0 Å². The van der Waals surface area contributed by atoms with E-state index in [1.807, 2.05) is 36.4 Å². The number of aromatic amines is 1. The van der Waals surface area contributed by atoms with Crippen molar-refractivity contribution >= 4 is 18.0 Å². The number of aromatic nitrogens is 2. The lowest BCUT2D eigenvalue weighted by molar-refractivity contribution is 0.0709. The highest BCUT2D eigenvalue weighted by Gasteiger charge is 2.31. The number of benzene rings is 1. The van der Waals surface area contributed by atoms with E-state index in [1.165, 1.54) is 0 Å². The van der Waals surface area contributed by atoms with Crippen LogP contribution < -0.4 is 5.32 Å². The molecule has 8 heteroatoms. The second kappa shape index (κ2) is 8.98. The topological polar surface area (TPSA) is 96.6 Å². The van der Waals surface area contributed by atoms with E-state index in [-0.39, 0.29) is 24.7 Å². The third-order valence-electron chi connectivity index (χ3n) is 5.50. The number of rotatable bonds is 5. The lowest BCUT2D eigenvalue weighted by Crippen LogP contribution is -2.31. The van der Waals surface area contributed by atoms with Crippen molar-refractivity contribution in [3.63, 3.8) is 0 Å². The van der Waals surface area contributed by atoms with Crippen LogP contribution in [0.5, 0.6) is 0 Å². The minimum Gasteiger partial charge on any atom is -0.446 e. The van der Waals surface area contributed by atoms with Crippen LogP contribution in [-0.4, -0.2) is 46.5 Å². The zero-order chi connectivity index (χ0) is 20.1. The number of hydrogen-bond acceptors (Lipinski definition) is 5. The van der Waals surface area contributed by atoms with Crippen molar-refractivity contribution < 1.29 is 19.1 Å². The first-order valence-electron chi connectivity index (χ1n) is 10.2. The molecule has 0 spiro atoms. The van der Waals surface area contributed by atoms with Crippen LogP contribution in [0, 0.1) is 0 Å². The van der Waals surface area contributed by atoms with Gasteiger partial charge in [0.2, 0.25) is 0 Å². The Kier molecular flexibility index (Phi) is 5.97. The molecule has 0 radical (unpaired) electrons. The molecule has 154 valence electrons. The smallest absolute Gasteiger partial charge is 0.413 e. The van der Waals surface area contributed by atoms with Gasteiger partial charge in [0.1, 0.15) is 12.7 Å². The molecule has 1 aromatic carbocycles. The van der Waals surface area contributed by atoms with Crippen molar-refractivity contribution in [3.8, 4) is 0 Å². The second-order valence-electron chi connectivity index (χ2n) is 7.61. The Hall–Kier alpha value is -3.03. The number of carbonyl (C=O) groups is 2. The van der Waals surface area contributed by atoms with E-state index in [1.54, 1.807) is 4.90 Å². The summed E-state index contributed by atoms with van der Waals surface area (Å²) in [6.07, 6.45) is 3.82. The fourth-order valence-electron chi connectivity index (χ4n) is 3.92. The Balaban J connectivity index is 1.23. The Bertz CT molecular complexity index is 832. The maximum atomic E-state index is 12.2. The van der Waals surface area contributed by atoms with E-state index < -0.39 is 6.09 Å². The molecule has 1 aliphatic heterocycles. The molecule has 2 aliphatic rings. The molecule has 0 unspecified atom stereocenters. The fraction of sp³-hybridized carbons (Fsp3) is 0.476. The molecule has 1 aromatic heterocycles. The van der Waals surface area contributed by atoms with Gasteiger partial charge in [0.15, 0.2) is 5.82 Å². The van der Waals surface area contributed by atoms with Gasteiger partial charge in [-0.3, -0.25) is 10.4 Å². The summed E-state index contributed by atoms with van der Waals surface area (Å²) >= 11 is 0. The molecule has 1 saturated carbocycles. The average Bonchev–Trinajstić information content (AvgIpc) is 3.49. The van der Waals surface area contributed by atoms with Crippen LogP contribution in [0.2, 0.25) is 0 Å². The number of ether oxygens (including phenoxy) is 2. The summed E-state index contributed by atoms with van der Waals surface area (Å²) in [5.74, 6) is 0.658. The molecule has 2 atom stereocenters. The monoisotopic (exact) mass is 398 g/mol. The summed E-state index contributed by atoms with van der Waals surface area (Å²) in [5, 5.41) is 9.78. The molecule has 2 aromatic rings. The van der Waals surface area contributed by atoms with Crippen LogP contribution in [0.15, 0.2) is 36.4 Å². The van der Waals surface area contributed by atoms with Crippen molar-refractivity contribution in [1.82, 2.24) is 15.1 Å². The van der Waals surface area contributed by atoms with Gasteiger partial charge in [-0.2, -0.15) is 5.10 Å². The van der Waals surface area contributed by atoms with Crippen LogP contribution in [0.25, 0.3) is 0 Å². The Morgan fingerprint density at radius 1 is 1.17 bits per heavy atom. The highest BCUT2D eigenvalue weighted by Crippen LogP contribution is 2.36. The fourth-order valence-corrected chi connectivity index (χ4v) is 3.92. The van der Waals surface area contributed by atoms with Crippen LogP contribution in [-0.2, 0) is 16.1 Å². The summed E-state index contributed by atoms with van der Waals surface area (Å²) in [5.41, 5.74) is 1.86.